The summed E-state index contributed by atoms with van der Waals surface area (Å²) in [5.74, 6) is 0.938. The van der Waals surface area contributed by atoms with Crippen molar-refractivity contribution in [2.45, 2.75) is 57.8 Å². The van der Waals surface area contributed by atoms with Crippen LogP contribution in [0, 0.1) is 0 Å². The molecule has 2 fully saturated rings. The zero-order chi connectivity index (χ0) is 20.5. The number of benzene rings is 1. The highest BCUT2D eigenvalue weighted by Gasteiger charge is 2.19. The first-order chi connectivity index (χ1) is 14.2. The predicted molar refractivity (Wildman–Crippen MR) is 119 cm³/mol. The van der Waals surface area contributed by atoms with Gasteiger partial charge in [0.05, 0.1) is 6.61 Å². The minimum absolute atomic E-state index is 0.219. The van der Waals surface area contributed by atoms with E-state index in [0.29, 0.717) is 6.42 Å². The third kappa shape index (κ3) is 6.53. The number of hydrogen-bond donors (Lipinski definition) is 1. The van der Waals surface area contributed by atoms with Crippen molar-refractivity contribution in [3.05, 3.63) is 29.8 Å². The Balaban J connectivity index is 1.45. The van der Waals surface area contributed by atoms with Gasteiger partial charge in [0.2, 0.25) is 5.91 Å². The quantitative estimate of drug-likeness (QED) is 0.610. The summed E-state index contributed by atoms with van der Waals surface area (Å²) in [7, 11) is 0. The fourth-order valence-corrected chi connectivity index (χ4v) is 4.76. The van der Waals surface area contributed by atoms with Gasteiger partial charge in [-0.05, 0) is 55.8 Å². The highest BCUT2D eigenvalue weighted by Crippen LogP contribution is 2.34. The number of β-amino-alcohol motifs (C(OH)–C–C–N with tert-alkyl or cyclic N) is 1. The highest BCUT2D eigenvalue weighted by atomic mass is 16.3. The van der Waals surface area contributed by atoms with Crippen LogP contribution in [0.2, 0.25) is 0 Å². The summed E-state index contributed by atoms with van der Waals surface area (Å²) in [6.07, 6.45) is 8.03. The third-order valence-corrected chi connectivity index (χ3v) is 6.62. The number of hydrogen-bond acceptors (Lipinski definition) is 4. The lowest BCUT2D eigenvalue weighted by molar-refractivity contribution is -0.118. The largest absolute Gasteiger partial charge is 0.395 e. The van der Waals surface area contributed by atoms with Gasteiger partial charge >= 0.3 is 0 Å². The summed E-state index contributed by atoms with van der Waals surface area (Å²) in [6, 6.07) is 8.80. The molecule has 162 valence electrons. The number of carbonyl (C=O) groups excluding carboxylic acids is 1. The minimum atomic E-state index is 0.219. The molecule has 0 aromatic heterocycles. The van der Waals surface area contributed by atoms with Crippen molar-refractivity contribution < 1.29 is 9.90 Å². The summed E-state index contributed by atoms with van der Waals surface area (Å²) < 4.78 is 0. The molecule has 1 saturated heterocycles. The summed E-state index contributed by atoms with van der Waals surface area (Å²) in [5.41, 5.74) is 2.49. The van der Waals surface area contributed by atoms with Crippen LogP contribution in [0.15, 0.2) is 24.3 Å². The van der Waals surface area contributed by atoms with E-state index in [-0.39, 0.29) is 12.5 Å². The Kier molecular flexibility index (Phi) is 8.96. The van der Waals surface area contributed by atoms with E-state index in [1.54, 1.807) is 0 Å². The number of aliphatic hydroxyl groups excluding tert-OH is 1. The van der Waals surface area contributed by atoms with Crippen LogP contribution in [0.1, 0.15) is 63.4 Å². The molecule has 1 aliphatic carbocycles. The summed E-state index contributed by atoms with van der Waals surface area (Å²) in [5, 5.41) is 9.05. The Hall–Kier alpha value is -1.43. The Bertz CT molecular complexity index is 605. The van der Waals surface area contributed by atoms with Crippen LogP contribution in [-0.2, 0) is 4.79 Å². The maximum atomic E-state index is 12.5. The first-order valence-electron chi connectivity index (χ1n) is 11.7. The molecule has 0 bridgehead atoms. The molecular weight excluding hydrogens is 362 g/mol. The SMILES string of the molecule is CCC(=O)N(CCCCN1CCN(CCO)CC1)c1ccc(C2CCCC2)cc1. The number of unbranched alkanes of at least 4 members (excludes halogenated alkanes) is 1. The minimum Gasteiger partial charge on any atom is -0.395 e. The van der Waals surface area contributed by atoms with Gasteiger partial charge in [-0.3, -0.25) is 9.69 Å². The molecule has 29 heavy (non-hydrogen) atoms. The van der Waals surface area contributed by atoms with Crippen LogP contribution in [0.4, 0.5) is 5.69 Å². The molecule has 1 aromatic rings. The average molecular weight is 402 g/mol. The number of nitrogens with zero attached hydrogens (tertiary/aromatic N) is 3. The van der Waals surface area contributed by atoms with E-state index in [1.807, 2.05) is 11.8 Å². The molecule has 1 heterocycles. The van der Waals surface area contributed by atoms with Gasteiger partial charge in [-0.25, -0.2) is 0 Å². The van der Waals surface area contributed by atoms with Crippen LogP contribution >= 0.6 is 0 Å². The van der Waals surface area contributed by atoms with Gasteiger partial charge in [-0.2, -0.15) is 0 Å². The Morgan fingerprint density at radius 2 is 1.62 bits per heavy atom. The molecule has 5 nitrogen and oxygen atoms in total. The molecule has 3 rings (SSSR count). The van der Waals surface area contributed by atoms with E-state index in [1.165, 1.54) is 31.2 Å². The van der Waals surface area contributed by atoms with Gasteiger partial charge in [0.25, 0.3) is 0 Å². The number of aliphatic hydroxyl groups is 1. The molecule has 1 amide bonds. The van der Waals surface area contributed by atoms with Crippen molar-refractivity contribution in [1.82, 2.24) is 9.80 Å². The fourth-order valence-electron chi connectivity index (χ4n) is 4.76. The molecule has 1 N–H and O–H groups in total. The zero-order valence-corrected chi connectivity index (χ0v) is 18.2. The van der Waals surface area contributed by atoms with Crippen molar-refractivity contribution in [2.24, 2.45) is 0 Å². The molecule has 0 atom stereocenters. The molecule has 0 unspecified atom stereocenters. The second-order valence-electron chi connectivity index (χ2n) is 8.59. The summed E-state index contributed by atoms with van der Waals surface area (Å²) in [4.78, 5) is 19.4. The number of carbonyl (C=O) groups is 1. The molecule has 0 radical (unpaired) electrons. The van der Waals surface area contributed by atoms with Gasteiger partial charge < -0.3 is 14.9 Å². The van der Waals surface area contributed by atoms with Gasteiger partial charge in [0, 0.05) is 51.4 Å². The Labute approximate surface area is 176 Å². The Morgan fingerprint density at radius 3 is 2.21 bits per heavy atom. The zero-order valence-electron chi connectivity index (χ0n) is 18.2. The van der Waals surface area contributed by atoms with Crippen LogP contribution < -0.4 is 4.90 Å². The lowest BCUT2D eigenvalue weighted by Gasteiger charge is -2.34. The van der Waals surface area contributed by atoms with Gasteiger partial charge in [-0.1, -0.05) is 31.9 Å². The lowest BCUT2D eigenvalue weighted by Crippen LogP contribution is -2.47. The Morgan fingerprint density at radius 1 is 1.00 bits per heavy atom. The molecule has 0 spiro atoms. The van der Waals surface area contributed by atoms with Crippen LogP contribution in [0.25, 0.3) is 0 Å². The second-order valence-corrected chi connectivity index (χ2v) is 8.59. The third-order valence-electron chi connectivity index (χ3n) is 6.62. The smallest absolute Gasteiger partial charge is 0.226 e. The number of anilines is 1. The predicted octanol–water partition coefficient (Wildman–Crippen LogP) is 3.48. The fraction of sp³-hybridized carbons (Fsp3) is 0.708. The van der Waals surface area contributed by atoms with Crippen LogP contribution in [0.5, 0.6) is 0 Å². The highest BCUT2D eigenvalue weighted by molar-refractivity contribution is 5.93. The number of rotatable bonds is 10. The summed E-state index contributed by atoms with van der Waals surface area (Å²) in [6.45, 7) is 9.17. The molecule has 5 heteroatoms. The van der Waals surface area contributed by atoms with Gasteiger partial charge in [0.1, 0.15) is 0 Å². The molecule has 1 saturated carbocycles. The van der Waals surface area contributed by atoms with Crippen molar-refractivity contribution in [3.8, 4) is 0 Å². The molecular formula is C24H39N3O2. The average Bonchev–Trinajstić information content (AvgIpc) is 3.30. The van der Waals surface area contributed by atoms with Crippen LogP contribution in [-0.4, -0.2) is 73.2 Å². The van der Waals surface area contributed by atoms with E-state index < -0.39 is 0 Å². The first-order valence-corrected chi connectivity index (χ1v) is 11.7. The van der Waals surface area contributed by atoms with Crippen LogP contribution in [0.3, 0.4) is 0 Å². The maximum Gasteiger partial charge on any atom is 0.226 e. The molecule has 1 aromatic carbocycles. The van der Waals surface area contributed by atoms with Crippen molar-refractivity contribution in [1.29, 1.82) is 0 Å². The normalized spacial score (nSPS) is 19.0. The van der Waals surface area contributed by atoms with Gasteiger partial charge in [-0.15, -0.1) is 0 Å². The van der Waals surface area contributed by atoms with E-state index in [2.05, 4.69) is 34.1 Å². The van der Waals surface area contributed by atoms with Crippen molar-refractivity contribution in [3.63, 3.8) is 0 Å². The standard InChI is InChI=1S/C24H39N3O2/c1-2-24(29)27(23-11-9-22(10-12-23)21-7-3-4-8-21)14-6-5-13-25-15-17-26(18-16-25)19-20-28/h9-12,21,28H,2-8,13-20H2,1H3. The van der Waals surface area contributed by atoms with Crippen molar-refractivity contribution in [2.75, 3.05) is 57.3 Å². The maximum absolute atomic E-state index is 12.5. The van der Waals surface area contributed by atoms with Gasteiger partial charge in [0.15, 0.2) is 0 Å². The molecule has 1 aliphatic heterocycles. The van der Waals surface area contributed by atoms with E-state index in [4.69, 9.17) is 5.11 Å². The number of amides is 1. The van der Waals surface area contributed by atoms with E-state index >= 15 is 0 Å². The monoisotopic (exact) mass is 401 g/mol. The first kappa shape index (κ1) is 22.3. The summed E-state index contributed by atoms with van der Waals surface area (Å²) >= 11 is 0. The second kappa shape index (κ2) is 11.7. The number of piperazine rings is 1. The van der Waals surface area contributed by atoms with E-state index in [0.717, 1.165) is 70.3 Å². The molecule has 2 aliphatic rings. The lowest BCUT2D eigenvalue weighted by atomic mass is 9.97. The van der Waals surface area contributed by atoms with Crippen molar-refractivity contribution >= 4 is 11.6 Å². The van der Waals surface area contributed by atoms with E-state index in [9.17, 15) is 4.79 Å². The topological polar surface area (TPSA) is 47.0 Å².